The van der Waals surface area contributed by atoms with E-state index >= 15 is 0 Å². The quantitative estimate of drug-likeness (QED) is 0.754. The second kappa shape index (κ2) is 5.80. The predicted octanol–water partition coefficient (Wildman–Crippen LogP) is 1.43. The van der Waals surface area contributed by atoms with Crippen molar-refractivity contribution in [2.75, 3.05) is 19.4 Å². The van der Waals surface area contributed by atoms with E-state index in [0.717, 1.165) is 5.56 Å². The summed E-state index contributed by atoms with van der Waals surface area (Å²) in [5.74, 6) is 0.612. The summed E-state index contributed by atoms with van der Waals surface area (Å²) >= 11 is 0. The van der Waals surface area contributed by atoms with Gasteiger partial charge in [-0.05, 0) is 17.7 Å². The summed E-state index contributed by atoms with van der Waals surface area (Å²) in [5, 5.41) is 2.67. The molecule has 4 nitrogen and oxygen atoms in total. The molecule has 0 radical (unpaired) electrons. The van der Waals surface area contributed by atoms with Crippen molar-refractivity contribution in [2.45, 2.75) is 6.92 Å². The summed E-state index contributed by atoms with van der Waals surface area (Å²) in [5.41, 5.74) is 7.28. The van der Waals surface area contributed by atoms with Gasteiger partial charge in [0.1, 0.15) is 5.75 Å². The highest BCUT2D eigenvalue weighted by atomic mass is 16.5. The molecule has 0 aliphatic carbocycles. The fraction of sp³-hybridized carbons (Fsp3) is 0.250. The Labute approximate surface area is 95.1 Å². The van der Waals surface area contributed by atoms with Crippen LogP contribution in [0.5, 0.6) is 5.75 Å². The van der Waals surface area contributed by atoms with Gasteiger partial charge in [0.25, 0.3) is 0 Å². The number of nitrogens with one attached hydrogen (secondary N) is 1. The Morgan fingerprint density at radius 2 is 2.31 bits per heavy atom. The first-order chi connectivity index (χ1) is 7.63. The zero-order valence-electron chi connectivity index (χ0n) is 9.49. The molecule has 3 N–H and O–H groups in total. The van der Waals surface area contributed by atoms with E-state index in [0.29, 0.717) is 18.0 Å². The SMILES string of the molecule is COc1cc(C=CCNC(C)=O)ccc1N. The maximum absolute atomic E-state index is 10.6. The van der Waals surface area contributed by atoms with Crippen LogP contribution in [-0.2, 0) is 4.79 Å². The average Bonchev–Trinajstić information content (AvgIpc) is 2.26. The summed E-state index contributed by atoms with van der Waals surface area (Å²) < 4.78 is 5.10. The van der Waals surface area contributed by atoms with Crippen LogP contribution in [0.1, 0.15) is 12.5 Å². The summed E-state index contributed by atoms with van der Waals surface area (Å²) in [6, 6.07) is 5.53. The minimum Gasteiger partial charge on any atom is -0.495 e. The Morgan fingerprint density at radius 3 is 2.94 bits per heavy atom. The molecule has 86 valence electrons. The van der Waals surface area contributed by atoms with Gasteiger partial charge in [-0.15, -0.1) is 0 Å². The zero-order valence-corrected chi connectivity index (χ0v) is 9.49. The first-order valence-electron chi connectivity index (χ1n) is 4.98. The van der Waals surface area contributed by atoms with Crippen LogP contribution in [-0.4, -0.2) is 19.6 Å². The van der Waals surface area contributed by atoms with Crippen LogP contribution >= 0.6 is 0 Å². The summed E-state index contributed by atoms with van der Waals surface area (Å²) in [4.78, 5) is 10.6. The highest BCUT2D eigenvalue weighted by molar-refractivity contribution is 5.73. The van der Waals surface area contributed by atoms with Crippen LogP contribution in [0.4, 0.5) is 5.69 Å². The lowest BCUT2D eigenvalue weighted by Gasteiger charge is -2.04. The molecule has 0 saturated heterocycles. The Balaban J connectivity index is 2.63. The van der Waals surface area contributed by atoms with E-state index in [1.807, 2.05) is 24.3 Å². The fourth-order valence-corrected chi connectivity index (χ4v) is 1.23. The number of nitrogen functional groups attached to an aromatic ring is 1. The molecule has 0 atom stereocenters. The van der Waals surface area contributed by atoms with Gasteiger partial charge in [-0.2, -0.15) is 0 Å². The van der Waals surface area contributed by atoms with Gasteiger partial charge < -0.3 is 15.8 Å². The maximum Gasteiger partial charge on any atom is 0.217 e. The van der Waals surface area contributed by atoms with E-state index in [1.165, 1.54) is 6.92 Å². The first-order valence-corrected chi connectivity index (χ1v) is 4.98. The molecule has 1 aromatic carbocycles. The monoisotopic (exact) mass is 220 g/mol. The summed E-state index contributed by atoms with van der Waals surface area (Å²) in [7, 11) is 1.58. The molecule has 0 fully saturated rings. The number of methoxy groups -OCH3 is 1. The molecule has 16 heavy (non-hydrogen) atoms. The first kappa shape index (κ1) is 12.1. The fourth-order valence-electron chi connectivity index (χ4n) is 1.23. The molecule has 0 aromatic heterocycles. The minimum absolute atomic E-state index is 0.0421. The highest BCUT2D eigenvalue weighted by Gasteiger charge is 1.98. The minimum atomic E-state index is -0.0421. The van der Waals surface area contributed by atoms with Crippen molar-refractivity contribution >= 4 is 17.7 Å². The molecule has 4 heteroatoms. The summed E-state index contributed by atoms with van der Waals surface area (Å²) in [6.07, 6.45) is 3.77. The number of nitrogens with two attached hydrogens (primary N) is 1. The molecule has 0 bridgehead atoms. The van der Waals surface area contributed by atoms with Crippen molar-refractivity contribution in [3.05, 3.63) is 29.8 Å². The third-order valence-corrected chi connectivity index (χ3v) is 2.04. The van der Waals surface area contributed by atoms with Gasteiger partial charge in [-0.25, -0.2) is 0 Å². The Bertz CT molecular complexity index is 400. The number of anilines is 1. The zero-order chi connectivity index (χ0) is 12.0. The van der Waals surface area contributed by atoms with Crippen molar-refractivity contribution in [1.82, 2.24) is 5.32 Å². The van der Waals surface area contributed by atoms with E-state index < -0.39 is 0 Å². The third kappa shape index (κ3) is 3.65. The van der Waals surface area contributed by atoms with E-state index in [1.54, 1.807) is 13.2 Å². The molecule has 0 aliphatic heterocycles. The van der Waals surface area contributed by atoms with Crippen molar-refractivity contribution < 1.29 is 9.53 Å². The Hall–Kier alpha value is -1.97. The van der Waals surface area contributed by atoms with E-state index in [4.69, 9.17) is 10.5 Å². The molecule has 1 amide bonds. The van der Waals surface area contributed by atoms with E-state index in [-0.39, 0.29) is 5.91 Å². The van der Waals surface area contributed by atoms with Crippen molar-refractivity contribution in [2.24, 2.45) is 0 Å². The Kier molecular flexibility index (Phi) is 4.39. The smallest absolute Gasteiger partial charge is 0.217 e. The van der Waals surface area contributed by atoms with Crippen LogP contribution in [0.3, 0.4) is 0 Å². The lowest BCUT2D eigenvalue weighted by Crippen LogP contribution is -2.19. The van der Waals surface area contributed by atoms with Gasteiger partial charge >= 0.3 is 0 Å². The molecule has 0 aliphatic rings. The lowest BCUT2D eigenvalue weighted by molar-refractivity contribution is -0.118. The van der Waals surface area contributed by atoms with Crippen LogP contribution in [0.15, 0.2) is 24.3 Å². The topological polar surface area (TPSA) is 64.3 Å². The van der Waals surface area contributed by atoms with Crippen molar-refractivity contribution in [3.8, 4) is 5.75 Å². The van der Waals surface area contributed by atoms with Crippen LogP contribution < -0.4 is 15.8 Å². The number of ether oxygens (including phenoxy) is 1. The van der Waals surface area contributed by atoms with Gasteiger partial charge in [-0.1, -0.05) is 18.2 Å². The van der Waals surface area contributed by atoms with Gasteiger partial charge in [0.15, 0.2) is 0 Å². The van der Waals surface area contributed by atoms with Crippen LogP contribution in [0, 0.1) is 0 Å². The molecule has 0 saturated carbocycles. The third-order valence-electron chi connectivity index (χ3n) is 2.04. The number of hydrogen-bond donors (Lipinski definition) is 2. The predicted molar refractivity (Wildman–Crippen MR) is 65.1 cm³/mol. The number of hydrogen-bond acceptors (Lipinski definition) is 3. The number of rotatable bonds is 4. The molecule has 0 heterocycles. The molecule has 0 unspecified atom stereocenters. The van der Waals surface area contributed by atoms with Crippen LogP contribution in [0.2, 0.25) is 0 Å². The van der Waals surface area contributed by atoms with Gasteiger partial charge in [0.2, 0.25) is 5.91 Å². The average molecular weight is 220 g/mol. The normalized spacial score (nSPS) is 10.4. The summed E-state index contributed by atoms with van der Waals surface area (Å²) in [6.45, 7) is 2.00. The Morgan fingerprint density at radius 1 is 1.56 bits per heavy atom. The van der Waals surface area contributed by atoms with Gasteiger partial charge in [0, 0.05) is 13.5 Å². The number of carbonyl (C=O) groups is 1. The molecular weight excluding hydrogens is 204 g/mol. The molecule has 1 rings (SSSR count). The van der Waals surface area contributed by atoms with E-state index in [9.17, 15) is 4.79 Å². The molecule has 1 aromatic rings. The second-order valence-corrected chi connectivity index (χ2v) is 3.34. The van der Waals surface area contributed by atoms with Crippen molar-refractivity contribution in [1.29, 1.82) is 0 Å². The van der Waals surface area contributed by atoms with Crippen LogP contribution in [0.25, 0.3) is 6.08 Å². The van der Waals surface area contributed by atoms with Gasteiger partial charge in [-0.3, -0.25) is 4.79 Å². The van der Waals surface area contributed by atoms with Crippen molar-refractivity contribution in [3.63, 3.8) is 0 Å². The molecule has 0 spiro atoms. The standard InChI is InChI=1S/C12H16N2O2/c1-9(15)14-7-3-4-10-5-6-11(13)12(8-10)16-2/h3-6,8H,7,13H2,1-2H3,(H,14,15). The number of amides is 1. The van der Waals surface area contributed by atoms with Gasteiger partial charge in [0.05, 0.1) is 12.8 Å². The lowest BCUT2D eigenvalue weighted by atomic mass is 10.2. The maximum atomic E-state index is 10.6. The highest BCUT2D eigenvalue weighted by Crippen LogP contribution is 2.22. The number of carbonyl (C=O) groups excluding carboxylic acids is 1. The number of benzene rings is 1. The largest absolute Gasteiger partial charge is 0.495 e. The molecular formula is C12H16N2O2. The second-order valence-electron chi connectivity index (χ2n) is 3.34. The van der Waals surface area contributed by atoms with E-state index in [2.05, 4.69) is 5.32 Å².